The summed E-state index contributed by atoms with van der Waals surface area (Å²) in [6, 6.07) is -0.576. The standard InChI is InChI=1S/C23H36N4O6S/c1-11-19-18(12(2)28)22(31)27(19)20(23(32)33)21(11)34-14-6-15(25-9-14)16(29)7-17(30)26-5-4-13(10-26)8-24-3/h11-16,18-19,24-25,28-29H,4-10H2,1-3H3,(H,32,33)/t11-,12-,13+,14+,15+,16?,18-,19-/m1/s1. The van der Waals surface area contributed by atoms with Crippen LogP contribution in [0.5, 0.6) is 0 Å². The molecule has 3 saturated heterocycles. The van der Waals surface area contributed by atoms with Crippen molar-refractivity contribution < 1.29 is 29.7 Å². The molecule has 11 heteroatoms. The van der Waals surface area contributed by atoms with E-state index < -0.39 is 24.1 Å². The van der Waals surface area contributed by atoms with Crippen LogP contribution >= 0.6 is 11.8 Å². The molecule has 4 aliphatic rings. The minimum atomic E-state index is -1.13. The Morgan fingerprint density at radius 3 is 2.71 bits per heavy atom. The molecule has 3 fully saturated rings. The molecule has 0 saturated carbocycles. The van der Waals surface area contributed by atoms with Gasteiger partial charge in [-0.3, -0.25) is 9.59 Å². The first kappa shape index (κ1) is 25.4. The van der Waals surface area contributed by atoms with Crippen molar-refractivity contribution in [1.82, 2.24) is 20.4 Å². The molecule has 0 aromatic rings. The van der Waals surface area contributed by atoms with E-state index in [1.807, 2.05) is 18.9 Å². The first-order chi connectivity index (χ1) is 16.1. The number of nitrogens with zero attached hydrogens (tertiary/aromatic N) is 2. The minimum absolute atomic E-state index is 0.0205. The van der Waals surface area contributed by atoms with Gasteiger partial charge in [0.15, 0.2) is 0 Å². The van der Waals surface area contributed by atoms with Gasteiger partial charge in [0.2, 0.25) is 11.8 Å². The van der Waals surface area contributed by atoms with Gasteiger partial charge in [-0.15, -0.1) is 11.8 Å². The Labute approximate surface area is 204 Å². The summed E-state index contributed by atoms with van der Waals surface area (Å²) in [6.07, 6.45) is 0.00429. The Morgan fingerprint density at radius 2 is 2.06 bits per heavy atom. The van der Waals surface area contributed by atoms with Crippen LogP contribution in [-0.4, -0.2) is 106 Å². The average Bonchev–Trinajstić information content (AvgIpc) is 3.47. The van der Waals surface area contributed by atoms with Crippen LogP contribution in [0.4, 0.5) is 0 Å². The van der Waals surface area contributed by atoms with Gasteiger partial charge in [-0.1, -0.05) is 6.92 Å². The van der Waals surface area contributed by atoms with Crippen molar-refractivity contribution in [3.8, 4) is 0 Å². The van der Waals surface area contributed by atoms with E-state index in [1.165, 1.54) is 16.7 Å². The third-order valence-corrected chi connectivity index (χ3v) is 9.22. The lowest BCUT2D eigenvalue weighted by Crippen LogP contribution is -2.63. The van der Waals surface area contributed by atoms with Gasteiger partial charge < -0.3 is 35.8 Å². The van der Waals surface area contributed by atoms with Crippen LogP contribution < -0.4 is 10.6 Å². The SMILES string of the molecule is CNC[C@@H]1CCN(C(=O)CC(O)[C@@H]2C[C@H](SC3=C(C(=O)O)N4C(=O)[C@H]([C@@H](C)O)[C@H]4[C@H]3C)CN2)C1. The monoisotopic (exact) mass is 496 g/mol. The van der Waals surface area contributed by atoms with Gasteiger partial charge in [0.25, 0.3) is 0 Å². The summed E-state index contributed by atoms with van der Waals surface area (Å²) in [4.78, 5) is 41.0. The number of carbonyl (C=O) groups excluding carboxylic acids is 2. The van der Waals surface area contributed by atoms with Crippen molar-refractivity contribution in [1.29, 1.82) is 0 Å². The summed E-state index contributed by atoms with van der Waals surface area (Å²) >= 11 is 1.44. The van der Waals surface area contributed by atoms with Crippen molar-refractivity contribution in [2.24, 2.45) is 17.8 Å². The maximum Gasteiger partial charge on any atom is 0.353 e. The Hall–Kier alpha value is -1.66. The number of β-lactam (4-membered cyclic amide) rings is 1. The molecule has 0 bridgehead atoms. The van der Waals surface area contributed by atoms with Crippen molar-refractivity contribution in [3.63, 3.8) is 0 Å². The van der Waals surface area contributed by atoms with Gasteiger partial charge in [0, 0.05) is 41.7 Å². The average molecular weight is 497 g/mol. The Bertz CT molecular complexity index is 866. The van der Waals surface area contributed by atoms with Gasteiger partial charge in [-0.05, 0) is 39.3 Å². The summed E-state index contributed by atoms with van der Waals surface area (Å²) in [5.41, 5.74) is 0.0220. The van der Waals surface area contributed by atoms with E-state index in [4.69, 9.17) is 0 Å². The van der Waals surface area contributed by atoms with Crippen molar-refractivity contribution in [2.75, 3.05) is 33.2 Å². The zero-order valence-electron chi connectivity index (χ0n) is 19.9. The first-order valence-corrected chi connectivity index (χ1v) is 13.0. The molecule has 10 nitrogen and oxygen atoms in total. The van der Waals surface area contributed by atoms with Crippen LogP contribution in [0.15, 0.2) is 10.6 Å². The fourth-order valence-corrected chi connectivity index (χ4v) is 7.43. The third-order valence-electron chi connectivity index (χ3n) is 7.71. The number of hydrogen-bond acceptors (Lipinski definition) is 8. The van der Waals surface area contributed by atoms with Crippen molar-refractivity contribution in [3.05, 3.63) is 10.6 Å². The quantitative estimate of drug-likeness (QED) is 0.265. The van der Waals surface area contributed by atoms with E-state index in [-0.39, 0.29) is 47.2 Å². The summed E-state index contributed by atoms with van der Waals surface area (Å²) in [5, 5.41) is 37.0. The number of hydrogen-bond donors (Lipinski definition) is 5. The summed E-state index contributed by atoms with van der Waals surface area (Å²) < 4.78 is 0. The van der Waals surface area contributed by atoms with Crippen LogP contribution in [0.3, 0.4) is 0 Å². The first-order valence-electron chi connectivity index (χ1n) is 12.1. The molecule has 5 N–H and O–H groups in total. The maximum atomic E-state index is 12.7. The molecule has 2 amide bonds. The molecular weight excluding hydrogens is 460 g/mol. The number of carbonyl (C=O) groups is 3. The second-order valence-electron chi connectivity index (χ2n) is 10.1. The van der Waals surface area contributed by atoms with Gasteiger partial charge >= 0.3 is 5.97 Å². The zero-order chi connectivity index (χ0) is 24.7. The maximum absolute atomic E-state index is 12.7. The second kappa shape index (κ2) is 10.1. The molecule has 34 heavy (non-hydrogen) atoms. The van der Waals surface area contributed by atoms with Crippen molar-refractivity contribution >= 4 is 29.5 Å². The van der Waals surface area contributed by atoms with E-state index in [1.54, 1.807) is 6.92 Å². The van der Waals surface area contributed by atoms with Crippen LogP contribution in [-0.2, 0) is 14.4 Å². The molecule has 190 valence electrons. The lowest BCUT2D eigenvalue weighted by atomic mass is 9.79. The molecule has 4 aliphatic heterocycles. The van der Waals surface area contributed by atoms with Gasteiger partial charge in [0.1, 0.15) is 5.70 Å². The molecule has 1 unspecified atom stereocenters. The van der Waals surface area contributed by atoms with E-state index in [9.17, 15) is 29.7 Å². The summed E-state index contributed by atoms with van der Waals surface area (Å²) in [5.74, 6) is -1.81. The largest absolute Gasteiger partial charge is 0.477 e. The topological polar surface area (TPSA) is 142 Å². The highest BCUT2D eigenvalue weighted by molar-refractivity contribution is 8.03. The molecule has 0 spiro atoms. The molecular formula is C23H36N4O6S. The number of likely N-dealkylation sites (tertiary alicyclic amines) is 1. The van der Waals surface area contributed by atoms with Gasteiger partial charge in [0.05, 0.1) is 30.6 Å². The van der Waals surface area contributed by atoms with Crippen molar-refractivity contribution in [2.45, 2.75) is 62.7 Å². The van der Waals surface area contributed by atoms with Crippen LogP contribution in [0, 0.1) is 17.8 Å². The molecule has 0 aromatic heterocycles. The molecule has 8 atom stereocenters. The lowest BCUT2D eigenvalue weighted by molar-refractivity contribution is -0.163. The molecule has 0 radical (unpaired) electrons. The number of carboxylic acid groups (broad SMARTS) is 1. The van der Waals surface area contributed by atoms with Crippen LogP contribution in [0.25, 0.3) is 0 Å². The number of thioether (sulfide) groups is 1. The highest BCUT2D eigenvalue weighted by atomic mass is 32.2. The summed E-state index contributed by atoms with van der Waals surface area (Å²) in [6.45, 7) is 6.37. The third kappa shape index (κ3) is 4.60. The number of aliphatic hydroxyl groups excluding tert-OH is 2. The number of nitrogens with one attached hydrogen (secondary N) is 2. The van der Waals surface area contributed by atoms with Crippen LogP contribution in [0.2, 0.25) is 0 Å². The number of amides is 2. The van der Waals surface area contributed by atoms with Crippen LogP contribution in [0.1, 0.15) is 33.1 Å². The smallest absolute Gasteiger partial charge is 0.353 e. The highest BCUT2D eigenvalue weighted by Gasteiger charge is 2.60. The van der Waals surface area contributed by atoms with E-state index in [2.05, 4.69) is 10.6 Å². The molecule has 0 aliphatic carbocycles. The normalized spacial score (nSPS) is 34.9. The second-order valence-corrected chi connectivity index (χ2v) is 11.4. The summed E-state index contributed by atoms with van der Waals surface area (Å²) in [7, 11) is 1.90. The fourth-order valence-electron chi connectivity index (χ4n) is 5.94. The van der Waals surface area contributed by atoms with E-state index in [0.717, 1.165) is 26.1 Å². The number of rotatable bonds is 9. The number of fused-ring (bicyclic) bond motifs is 1. The highest BCUT2D eigenvalue weighted by Crippen LogP contribution is 2.51. The zero-order valence-corrected chi connectivity index (χ0v) is 20.8. The molecule has 4 heterocycles. The number of aliphatic hydroxyl groups is 2. The minimum Gasteiger partial charge on any atom is -0.477 e. The van der Waals surface area contributed by atoms with Gasteiger partial charge in [-0.25, -0.2) is 4.79 Å². The fraction of sp³-hybridized carbons (Fsp3) is 0.783. The Kier molecular flexibility index (Phi) is 7.58. The predicted octanol–water partition coefficient (Wildman–Crippen LogP) is -0.577. The Balaban J connectivity index is 1.34. The van der Waals surface area contributed by atoms with E-state index >= 15 is 0 Å². The number of carboxylic acids is 1. The Morgan fingerprint density at radius 1 is 1.32 bits per heavy atom. The molecule has 0 aromatic carbocycles. The lowest BCUT2D eigenvalue weighted by Gasteiger charge is -2.46. The number of aliphatic carboxylic acids is 1. The van der Waals surface area contributed by atoms with Gasteiger partial charge in [-0.2, -0.15) is 0 Å². The van der Waals surface area contributed by atoms with E-state index in [0.29, 0.717) is 23.8 Å². The molecule has 4 rings (SSSR count). The predicted molar refractivity (Wildman–Crippen MR) is 127 cm³/mol.